The molecule has 0 spiro atoms. The van der Waals surface area contributed by atoms with E-state index in [1.54, 1.807) is 0 Å². The predicted molar refractivity (Wildman–Crippen MR) is 71.6 cm³/mol. The first-order valence-electron chi connectivity index (χ1n) is 7.32. The van der Waals surface area contributed by atoms with Crippen molar-refractivity contribution in [3.05, 3.63) is 0 Å². The number of hydrogen-bond donors (Lipinski definition) is 0. The lowest BCUT2D eigenvalue weighted by atomic mass is 9.79. The number of hydrogen-bond acceptors (Lipinski definition) is 3. The van der Waals surface area contributed by atoms with Crippen LogP contribution in [0.2, 0.25) is 0 Å². The van der Waals surface area contributed by atoms with Crippen molar-refractivity contribution in [2.24, 2.45) is 23.7 Å². The van der Waals surface area contributed by atoms with E-state index in [-0.39, 0.29) is 40.6 Å². The van der Waals surface area contributed by atoms with Crippen molar-refractivity contribution in [3.63, 3.8) is 0 Å². The Kier molecular flexibility index (Phi) is 2.70. The Morgan fingerprint density at radius 1 is 1.21 bits per heavy atom. The third kappa shape index (κ3) is 1.57. The van der Waals surface area contributed by atoms with Crippen LogP contribution in [-0.2, 0) is 14.3 Å². The second-order valence-electron chi connectivity index (χ2n) is 6.35. The van der Waals surface area contributed by atoms with Gasteiger partial charge in [-0.05, 0) is 31.6 Å². The molecule has 0 unspecified atom stereocenters. The summed E-state index contributed by atoms with van der Waals surface area (Å²) in [7, 11) is 0. The zero-order chi connectivity index (χ0) is 13.1. The smallest absolute Gasteiger partial charge is 0.310 e. The van der Waals surface area contributed by atoms with E-state index in [4.69, 9.17) is 4.74 Å². The van der Waals surface area contributed by atoms with Gasteiger partial charge in [0, 0.05) is 19.0 Å². The van der Waals surface area contributed by atoms with Gasteiger partial charge in [0.1, 0.15) is 6.10 Å². The van der Waals surface area contributed by atoms with Crippen LogP contribution < -0.4 is 0 Å². The van der Waals surface area contributed by atoms with Gasteiger partial charge in [-0.1, -0.05) is 15.9 Å². The van der Waals surface area contributed by atoms with E-state index >= 15 is 0 Å². The van der Waals surface area contributed by atoms with Gasteiger partial charge in [-0.2, -0.15) is 0 Å². The van der Waals surface area contributed by atoms with E-state index in [1.807, 2.05) is 4.90 Å². The lowest BCUT2D eigenvalue weighted by molar-refractivity contribution is -0.148. The van der Waals surface area contributed by atoms with Crippen LogP contribution in [-0.4, -0.2) is 40.8 Å². The van der Waals surface area contributed by atoms with Gasteiger partial charge >= 0.3 is 5.97 Å². The third-order valence-corrected chi connectivity index (χ3v) is 6.68. The molecule has 2 heterocycles. The van der Waals surface area contributed by atoms with E-state index in [1.165, 1.54) is 6.42 Å². The maximum absolute atomic E-state index is 12.8. The molecule has 4 nitrogen and oxygen atoms in total. The molecule has 2 saturated carbocycles. The number of fused-ring (bicyclic) bond motifs is 1. The highest BCUT2D eigenvalue weighted by Gasteiger charge is 2.68. The molecular formula is C14H18BrNO3. The summed E-state index contributed by atoms with van der Waals surface area (Å²) in [5.41, 5.74) is 0. The molecule has 0 aromatic heterocycles. The number of alkyl halides is 1. The Labute approximate surface area is 121 Å². The van der Waals surface area contributed by atoms with Crippen LogP contribution in [0.25, 0.3) is 0 Å². The Morgan fingerprint density at radius 3 is 2.68 bits per heavy atom. The Hall–Kier alpha value is -0.580. The quantitative estimate of drug-likeness (QED) is 0.542. The Bertz CT molecular complexity index is 434. The molecule has 2 saturated heterocycles. The summed E-state index contributed by atoms with van der Waals surface area (Å²) in [6.07, 6.45) is 4.41. The summed E-state index contributed by atoms with van der Waals surface area (Å²) >= 11 is 3.66. The first kappa shape index (κ1) is 12.2. The summed E-state index contributed by atoms with van der Waals surface area (Å²) in [5, 5.41) is 0. The molecule has 0 aromatic rings. The van der Waals surface area contributed by atoms with Crippen LogP contribution in [0.1, 0.15) is 25.7 Å². The number of likely N-dealkylation sites (tertiary alicyclic amines) is 1. The van der Waals surface area contributed by atoms with Crippen LogP contribution in [0.3, 0.4) is 0 Å². The minimum Gasteiger partial charge on any atom is -0.461 e. The van der Waals surface area contributed by atoms with E-state index < -0.39 is 0 Å². The SMILES string of the molecule is O=C1O[C@@H]2[C@H](Br)[C@H]3C[C@H]2[C@@H]1[C@@H]3C(=O)N1CCCCC1. The molecule has 0 radical (unpaired) electrons. The molecule has 4 aliphatic rings. The monoisotopic (exact) mass is 327 g/mol. The first-order valence-corrected chi connectivity index (χ1v) is 8.23. The van der Waals surface area contributed by atoms with Gasteiger partial charge in [-0.25, -0.2) is 0 Å². The van der Waals surface area contributed by atoms with Gasteiger partial charge < -0.3 is 9.64 Å². The van der Waals surface area contributed by atoms with Crippen LogP contribution in [0.4, 0.5) is 0 Å². The summed E-state index contributed by atoms with van der Waals surface area (Å²) < 4.78 is 5.46. The van der Waals surface area contributed by atoms with Crippen LogP contribution in [0.15, 0.2) is 0 Å². The molecule has 1 amide bonds. The van der Waals surface area contributed by atoms with Crippen molar-refractivity contribution in [1.82, 2.24) is 4.90 Å². The minimum absolute atomic E-state index is 0.0212. The number of nitrogens with zero attached hydrogens (tertiary/aromatic N) is 1. The molecule has 2 bridgehead atoms. The van der Waals surface area contributed by atoms with E-state index in [0.717, 1.165) is 32.4 Å². The molecule has 0 aromatic carbocycles. The highest BCUT2D eigenvalue weighted by Crippen LogP contribution is 2.60. The number of ether oxygens (including phenoxy) is 1. The zero-order valence-corrected chi connectivity index (χ0v) is 12.3. The molecule has 4 rings (SSSR count). The number of carbonyl (C=O) groups is 2. The van der Waals surface area contributed by atoms with Crippen molar-refractivity contribution in [1.29, 1.82) is 0 Å². The van der Waals surface area contributed by atoms with Crippen molar-refractivity contribution in [2.45, 2.75) is 36.6 Å². The maximum atomic E-state index is 12.8. The lowest BCUT2D eigenvalue weighted by Gasteiger charge is -2.34. The second kappa shape index (κ2) is 4.21. The topological polar surface area (TPSA) is 46.6 Å². The molecule has 2 aliphatic heterocycles. The average Bonchev–Trinajstić information content (AvgIpc) is 3.03. The fourth-order valence-electron chi connectivity index (χ4n) is 4.63. The van der Waals surface area contributed by atoms with Crippen molar-refractivity contribution in [2.75, 3.05) is 13.1 Å². The van der Waals surface area contributed by atoms with Gasteiger partial charge in [-0.15, -0.1) is 0 Å². The number of halogens is 1. The molecule has 6 atom stereocenters. The summed E-state index contributed by atoms with van der Waals surface area (Å²) in [6.45, 7) is 1.73. The summed E-state index contributed by atoms with van der Waals surface area (Å²) in [5.74, 6) is 0.368. The molecule has 19 heavy (non-hydrogen) atoms. The number of piperidine rings is 1. The molecular weight excluding hydrogens is 310 g/mol. The number of esters is 1. The number of carbonyl (C=O) groups excluding carboxylic acids is 2. The van der Waals surface area contributed by atoms with Gasteiger partial charge in [0.05, 0.1) is 16.7 Å². The normalized spacial score (nSPS) is 47.6. The Balaban J connectivity index is 1.61. The van der Waals surface area contributed by atoms with Crippen LogP contribution >= 0.6 is 15.9 Å². The Morgan fingerprint density at radius 2 is 1.95 bits per heavy atom. The number of rotatable bonds is 1. The maximum Gasteiger partial charge on any atom is 0.310 e. The van der Waals surface area contributed by atoms with Gasteiger partial charge in [-0.3, -0.25) is 9.59 Å². The van der Waals surface area contributed by atoms with E-state index in [9.17, 15) is 9.59 Å². The highest BCUT2D eigenvalue weighted by atomic mass is 79.9. The molecule has 0 N–H and O–H groups in total. The van der Waals surface area contributed by atoms with Crippen molar-refractivity contribution in [3.8, 4) is 0 Å². The molecule has 4 fully saturated rings. The second-order valence-corrected chi connectivity index (χ2v) is 7.40. The van der Waals surface area contributed by atoms with E-state index in [0.29, 0.717) is 5.92 Å². The highest BCUT2D eigenvalue weighted by molar-refractivity contribution is 9.09. The van der Waals surface area contributed by atoms with Crippen LogP contribution in [0.5, 0.6) is 0 Å². The van der Waals surface area contributed by atoms with Crippen molar-refractivity contribution < 1.29 is 14.3 Å². The van der Waals surface area contributed by atoms with Crippen molar-refractivity contribution >= 4 is 27.8 Å². The summed E-state index contributed by atoms with van der Waals surface area (Å²) in [4.78, 5) is 26.9. The largest absolute Gasteiger partial charge is 0.461 e. The van der Waals surface area contributed by atoms with Gasteiger partial charge in [0.2, 0.25) is 5.91 Å². The average molecular weight is 328 g/mol. The van der Waals surface area contributed by atoms with Gasteiger partial charge in [0.25, 0.3) is 0 Å². The first-order chi connectivity index (χ1) is 9.18. The summed E-state index contributed by atoms with van der Waals surface area (Å²) in [6, 6.07) is 0. The van der Waals surface area contributed by atoms with Crippen LogP contribution in [0, 0.1) is 23.7 Å². The zero-order valence-electron chi connectivity index (χ0n) is 10.8. The molecule has 5 heteroatoms. The predicted octanol–water partition coefficient (Wildman–Crippen LogP) is 1.57. The fraction of sp³-hybridized carbons (Fsp3) is 0.857. The lowest BCUT2D eigenvalue weighted by Crippen LogP contribution is -2.46. The third-order valence-electron chi connectivity index (χ3n) is 5.48. The van der Waals surface area contributed by atoms with E-state index in [2.05, 4.69) is 15.9 Å². The van der Waals surface area contributed by atoms with Gasteiger partial charge in [0.15, 0.2) is 0 Å². The standard InChI is InChI=1S/C14H18BrNO3/c15-11-7-6-8-10(14(18)19-12(8)11)9(7)13(17)16-4-2-1-3-5-16/h7-12H,1-6H2/t7-,8-,9+,10+,11+,12-/m0/s1. The molecule has 2 aliphatic carbocycles. The minimum atomic E-state index is -0.154. The number of amides is 1. The fourth-order valence-corrected chi connectivity index (χ4v) is 5.68. The molecule has 104 valence electrons.